The first-order chi connectivity index (χ1) is 14.2. The van der Waals surface area contributed by atoms with Crippen LogP contribution in [0, 0.1) is 11.8 Å². The number of benzene rings is 1. The molecule has 0 bridgehead atoms. The number of likely N-dealkylation sites (tertiary alicyclic amines) is 2. The summed E-state index contributed by atoms with van der Waals surface area (Å²) >= 11 is 0. The maximum atomic E-state index is 14.9. The lowest BCUT2D eigenvalue weighted by atomic mass is 9.78. The van der Waals surface area contributed by atoms with Crippen molar-refractivity contribution >= 4 is 12.2 Å². The van der Waals surface area contributed by atoms with Gasteiger partial charge in [0.05, 0.1) is 6.54 Å². The van der Waals surface area contributed by atoms with Gasteiger partial charge in [0, 0.05) is 19.6 Å². The zero-order valence-electron chi connectivity index (χ0n) is 18.2. The average Bonchev–Trinajstić information content (AvgIpc) is 2.71. The largest absolute Gasteiger partial charge is 0.445 e. The molecule has 6 nitrogen and oxygen atoms in total. The standard InChI is InChI=1S/C23H33FN2O4/c1-23(2,3)30-22(28)25-12-9-18(10-13-25)19-11-14-26(15-20(19)24)21(27)29-16-17-7-5-4-6-8-17/h4-8,18-20H,9-16H2,1-3H3. The van der Waals surface area contributed by atoms with Crippen LogP contribution in [0.3, 0.4) is 0 Å². The van der Waals surface area contributed by atoms with Crippen molar-refractivity contribution in [1.29, 1.82) is 0 Å². The fourth-order valence-electron chi connectivity index (χ4n) is 4.27. The highest BCUT2D eigenvalue weighted by Crippen LogP contribution is 2.34. The number of amides is 2. The molecule has 2 aliphatic rings. The van der Waals surface area contributed by atoms with Crippen LogP contribution in [-0.4, -0.2) is 59.9 Å². The van der Waals surface area contributed by atoms with E-state index in [1.165, 1.54) is 4.90 Å². The molecule has 0 aliphatic carbocycles. The van der Waals surface area contributed by atoms with Crippen LogP contribution in [0.2, 0.25) is 0 Å². The number of alkyl halides is 1. The van der Waals surface area contributed by atoms with Crippen LogP contribution in [0.5, 0.6) is 0 Å². The second-order valence-electron chi connectivity index (χ2n) is 9.26. The van der Waals surface area contributed by atoms with Gasteiger partial charge in [-0.3, -0.25) is 0 Å². The highest BCUT2D eigenvalue weighted by Gasteiger charge is 2.39. The molecular weight excluding hydrogens is 387 g/mol. The summed E-state index contributed by atoms with van der Waals surface area (Å²) in [6.07, 6.45) is 0.333. The number of carbonyl (C=O) groups excluding carboxylic acids is 2. The molecule has 2 aliphatic heterocycles. The van der Waals surface area contributed by atoms with Gasteiger partial charge in [-0.25, -0.2) is 14.0 Å². The van der Waals surface area contributed by atoms with Crippen LogP contribution in [0.1, 0.15) is 45.6 Å². The van der Waals surface area contributed by atoms with Gasteiger partial charge in [0.15, 0.2) is 0 Å². The second kappa shape index (κ2) is 9.67. The maximum absolute atomic E-state index is 14.9. The first-order valence-electron chi connectivity index (χ1n) is 10.8. The molecule has 1 aromatic carbocycles. The van der Waals surface area contributed by atoms with Gasteiger partial charge in [-0.1, -0.05) is 30.3 Å². The van der Waals surface area contributed by atoms with Gasteiger partial charge in [0.1, 0.15) is 18.4 Å². The Morgan fingerprint density at radius 2 is 1.63 bits per heavy atom. The molecule has 0 aromatic heterocycles. The Morgan fingerprint density at radius 3 is 2.23 bits per heavy atom. The Morgan fingerprint density at radius 1 is 1.00 bits per heavy atom. The van der Waals surface area contributed by atoms with Gasteiger partial charge < -0.3 is 19.3 Å². The van der Waals surface area contributed by atoms with Crippen LogP contribution in [0.25, 0.3) is 0 Å². The van der Waals surface area contributed by atoms with E-state index in [0.29, 0.717) is 26.1 Å². The highest BCUT2D eigenvalue weighted by molar-refractivity contribution is 5.68. The van der Waals surface area contributed by atoms with Crippen molar-refractivity contribution < 1.29 is 23.5 Å². The molecule has 0 saturated carbocycles. The van der Waals surface area contributed by atoms with Gasteiger partial charge in [-0.05, 0) is 57.4 Å². The number of rotatable bonds is 3. The topological polar surface area (TPSA) is 59.1 Å². The zero-order chi connectivity index (χ0) is 21.7. The normalized spacial score (nSPS) is 23.2. The van der Waals surface area contributed by atoms with Crippen molar-refractivity contribution in [3.05, 3.63) is 35.9 Å². The van der Waals surface area contributed by atoms with Crippen LogP contribution < -0.4 is 0 Å². The monoisotopic (exact) mass is 420 g/mol. The maximum Gasteiger partial charge on any atom is 0.410 e. The van der Waals surface area contributed by atoms with Gasteiger partial charge in [0.25, 0.3) is 0 Å². The molecule has 30 heavy (non-hydrogen) atoms. The number of halogens is 1. The Bertz CT molecular complexity index is 714. The molecule has 2 fully saturated rings. The van der Waals surface area contributed by atoms with Crippen LogP contribution >= 0.6 is 0 Å². The van der Waals surface area contributed by atoms with E-state index in [1.807, 2.05) is 51.1 Å². The van der Waals surface area contributed by atoms with E-state index < -0.39 is 17.9 Å². The third-order valence-corrected chi connectivity index (χ3v) is 5.85. The fraction of sp³-hybridized carbons (Fsp3) is 0.652. The van der Waals surface area contributed by atoms with E-state index in [2.05, 4.69) is 0 Å². The summed E-state index contributed by atoms with van der Waals surface area (Å²) in [7, 11) is 0. The Hall–Kier alpha value is -2.31. The lowest BCUT2D eigenvalue weighted by Gasteiger charge is -2.41. The van der Waals surface area contributed by atoms with Crippen LogP contribution in [0.15, 0.2) is 30.3 Å². The third-order valence-electron chi connectivity index (χ3n) is 5.85. The lowest BCUT2D eigenvalue weighted by molar-refractivity contribution is 0.00168. The van der Waals surface area contributed by atoms with Crippen LogP contribution in [-0.2, 0) is 16.1 Å². The molecular formula is C23H33FN2O4. The van der Waals surface area contributed by atoms with Crippen molar-refractivity contribution in [3.63, 3.8) is 0 Å². The molecule has 2 heterocycles. The molecule has 2 amide bonds. The minimum atomic E-state index is -1.07. The summed E-state index contributed by atoms with van der Waals surface area (Å²) in [6, 6.07) is 9.46. The lowest BCUT2D eigenvalue weighted by Crippen LogP contribution is -2.49. The number of hydrogen-bond acceptors (Lipinski definition) is 4. The third kappa shape index (κ3) is 6.09. The smallest absolute Gasteiger partial charge is 0.410 e. The molecule has 7 heteroatoms. The van der Waals surface area contributed by atoms with E-state index in [-0.39, 0.29) is 31.1 Å². The van der Waals surface area contributed by atoms with E-state index in [9.17, 15) is 14.0 Å². The molecule has 3 rings (SSSR count). The molecule has 0 radical (unpaired) electrons. The number of carbonyl (C=O) groups is 2. The molecule has 2 atom stereocenters. The minimum absolute atomic E-state index is 0.0740. The molecule has 0 spiro atoms. The number of hydrogen-bond donors (Lipinski definition) is 0. The second-order valence-corrected chi connectivity index (χ2v) is 9.26. The molecule has 166 valence electrons. The SMILES string of the molecule is CC(C)(C)OC(=O)N1CCC(C2CCN(C(=O)OCc3ccccc3)CC2F)CC1. The predicted molar refractivity (Wildman–Crippen MR) is 112 cm³/mol. The highest BCUT2D eigenvalue weighted by atomic mass is 19.1. The predicted octanol–water partition coefficient (Wildman–Crippen LogP) is 4.63. The first-order valence-corrected chi connectivity index (χ1v) is 10.8. The number of piperidine rings is 2. The van der Waals surface area contributed by atoms with Crippen LogP contribution in [0.4, 0.5) is 14.0 Å². The zero-order valence-corrected chi connectivity index (χ0v) is 18.2. The van der Waals surface area contributed by atoms with Crippen molar-refractivity contribution in [2.45, 2.75) is 58.4 Å². The number of nitrogens with zero attached hydrogens (tertiary/aromatic N) is 2. The Kier molecular flexibility index (Phi) is 7.21. The molecule has 2 saturated heterocycles. The Labute approximate surface area is 178 Å². The summed E-state index contributed by atoms with van der Waals surface area (Å²) < 4.78 is 25.7. The summed E-state index contributed by atoms with van der Waals surface area (Å²) in [5.41, 5.74) is 0.397. The number of ether oxygens (including phenoxy) is 2. The van der Waals surface area contributed by atoms with E-state index in [4.69, 9.17) is 9.47 Å². The van der Waals surface area contributed by atoms with Gasteiger partial charge in [-0.2, -0.15) is 0 Å². The van der Waals surface area contributed by atoms with Gasteiger partial charge in [0.2, 0.25) is 0 Å². The summed E-state index contributed by atoms with van der Waals surface area (Å²) in [6.45, 7) is 7.50. The van der Waals surface area contributed by atoms with Crippen molar-refractivity contribution in [2.75, 3.05) is 26.2 Å². The van der Waals surface area contributed by atoms with E-state index in [0.717, 1.165) is 18.4 Å². The van der Waals surface area contributed by atoms with Gasteiger partial charge >= 0.3 is 12.2 Å². The molecule has 2 unspecified atom stereocenters. The van der Waals surface area contributed by atoms with Crippen molar-refractivity contribution in [1.82, 2.24) is 9.80 Å². The van der Waals surface area contributed by atoms with E-state index >= 15 is 0 Å². The Balaban J connectivity index is 1.43. The average molecular weight is 421 g/mol. The summed E-state index contributed by atoms with van der Waals surface area (Å²) in [5, 5.41) is 0. The first kappa shape index (κ1) is 22.4. The van der Waals surface area contributed by atoms with Crippen molar-refractivity contribution in [2.24, 2.45) is 11.8 Å². The van der Waals surface area contributed by atoms with E-state index in [1.54, 1.807) is 4.90 Å². The quantitative estimate of drug-likeness (QED) is 0.715. The molecule has 1 aromatic rings. The summed E-state index contributed by atoms with van der Waals surface area (Å²) in [4.78, 5) is 27.7. The summed E-state index contributed by atoms with van der Waals surface area (Å²) in [5.74, 6) is 0.144. The van der Waals surface area contributed by atoms with Crippen molar-refractivity contribution in [3.8, 4) is 0 Å². The molecule has 0 N–H and O–H groups in total. The van der Waals surface area contributed by atoms with Gasteiger partial charge in [-0.15, -0.1) is 0 Å². The fourth-order valence-corrected chi connectivity index (χ4v) is 4.27. The minimum Gasteiger partial charge on any atom is -0.445 e.